The molecule has 126 valence electrons. The predicted octanol–water partition coefficient (Wildman–Crippen LogP) is 2.67. The van der Waals surface area contributed by atoms with E-state index in [1.807, 2.05) is 19.1 Å². The molecule has 0 unspecified atom stereocenters. The van der Waals surface area contributed by atoms with Gasteiger partial charge in [-0.05, 0) is 24.6 Å². The van der Waals surface area contributed by atoms with Crippen LogP contribution >= 0.6 is 11.6 Å². The second-order valence-electron chi connectivity index (χ2n) is 5.82. The van der Waals surface area contributed by atoms with Gasteiger partial charge in [0.25, 0.3) is 5.69 Å². The maximum Gasteiger partial charge on any atom is 0.287 e. The molecule has 0 saturated carbocycles. The van der Waals surface area contributed by atoms with Crippen molar-refractivity contribution in [1.82, 2.24) is 14.9 Å². The van der Waals surface area contributed by atoms with Crippen LogP contribution in [0.1, 0.15) is 11.3 Å². The van der Waals surface area contributed by atoms with Gasteiger partial charge >= 0.3 is 0 Å². The lowest BCUT2D eigenvalue weighted by Gasteiger charge is -2.35. The SMILES string of the molecule is Cc1cc([N+](=O)[O-])cnc1N1CCN(Cc2ccc(Cl)cn2)CC1. The number of anilines is 1. The second-order valence-corrected chi connectivity index (χ2v) is 6.26. The Kier molecular flexibility index (Phi) is 4.92. The van der Waals surface area contributed by atoms with Gasteiger partial charge in [-0.1, -0.05) is 11.6 Å². The highest BCUT2D eigenvalue weighted by atomic mass is 35.5. The molecule has 1 fully saturated rings. The Morgan fingerprint density at radius 3 is 2.54 bits per heavy atom. The van der Waals surface area contributed by atoms with Crippen LogP contribution in [0.2, 0.25) is 5.02 Å². The number of nitro groups is 1. The molecule has 2 aromatic rings. The first-order chi connectivity index (χ1) is 11.5. The number of hydrogen-bond donors (Lipinski definition) is 0. The van der Waals surface area contributed by atoms with E-state index < -0.39 is 4.92 Å². The maximum absolute atomic E-state index is 10.8. The van der Waals surface area contributed by atoms with Crippen LogP contribution in [0.25, 0.3) is 0 Å². The molecule has 0 amide bonds. The second kappa shape index (κ2) is 7.11. The molecule has 0 bridgehead atoms. The average molecular weight is 348 g/mol. The Morgan fingerprint density at radius 2 is 1.96 bits per heavy atom. The molecule has 0 aromatic carbocycles. The number of pyridine rings is 2. The zero-order chi connectivity index (χ0) is 17.1. The van der Waals surface area contributed by atoms with Crippen molar-refractivity contribution in [2.45, 2.75) is 13.5 Å². The number of halogens is 1. The maximum atomic E-state index is 10.8. The third kappa shape index (κ3) is 3.80. The summed E-state index contributed by atoms with van der Waals surface area (Å²) in [6.45, 7) is 6.10. The highest BCUT2D eigenvalue weighted by molar-refractivity contribution is 6.30. The smallest absolute Gasteiger partial charge is 0.287 e. The molecule has 1 aliphatic heterocycles. The minimum atomic E-state index is -0.416. The van der Waals surface area contributed by atoms with Gasteiger partial charge in [-0.15, -0.1) is 0 Å². The molecule has 7 nitrogen and oxygen atoms in total. The van der Waals surface area contributed by atoms with Gasteiger partial charge in [-0.25, -0.2) is 4.98 Å². The summed E-state index contributed by atoms with van der Waals surface area (Å²) in [7, 11) is 0. The zero-order valence-electron chi connectivity index (χ0n) is 13.4. The molecule has 0 radical (unpaired) electrons. The van der Waals surface area contributed by atoms with Crippen molar-refractivity contribution in [3.05, 3.63) is 57.0 Å². The van der Waals surface area contributed by atoms with Gasteiger partial charge in [-0.2, -0.15) is 0 Å². The van der Waals surface area contributed by atoms with E-state index in [2.05, 4.69) is 19.8 Å². The molecular formula is C16H18ClN5O2. The monoisotopic (exact) mass is 347 g/mol. The Labute approximate surface area is 145 Å². The van der Waals surface area contributed by atoms with Crippen LogP contribution in [0, 0.1) is 17.0 Å². The molecule has 0 spiro atoms. The largest absolute Gasteiger partial charge is 0.354 e. The molecule has 24 heavy (non-hydrogen) atoms. The number of nitrogens with zero attached hydrogens (tertiary/aromatic N) is 5. The molecule has 2 aromatic heterocycles. The van der Waals surface area contributed by atoms with Crippen molar-refractivity contribution in [3.8, 4) is 0 Å². The summed E-state index contributed by atoms with van der Waals surface area (Å²) in [6, 6.07) is 5.37. The van der Waals surface area contributed by atoms with Gasteiger partial charge in [0.2, 0.25) is 0 Å². The van der Waals surface area contributed by atoms with Crippen LogP contribution < -0.4 is 4.90 Å². The molecular weight excluding hydrogens is 330 g/mol. The Bertz CT molecular complexity index is 730. The zero-order valence-corrected chi connectivity index (χ0v) is 14.1. The van der Waals surface area contributed by atoms with E-state index >= 15 is 0 Å². The summed E-state index contributed by atoms with van der Waals surface area (Å²) >= 11 is 5.85. The van der Waals surface area contributed by atoms with Crippen LogP contribution in [0.15, 0.2) is 30.6 Å². The lowest BCUT2D eigenvalue weighted by Crippen LogP contribution is -2.46. The summed E-state index contributed by atoms with van der Waals surface area (Å²) in [5, 5.41) is 11.5. The van der Waals surface area contributed by atoms with E-state index in [1.165, 1.54) is 6.20 Å². The summed E-state index contributed by atoms with van der Waals surface area (Å²) in [6.07, 6.45) is 2.99. The molecule has 1 aliphatic rings. The summed E-state index contributed by atoms with van der Waals surface area (Å²) in [5.41, 5.74) is 1.86. The van der Waals surface area contributed by atoms with E-state index in [1.54, 1.807) is 12.3 Å². The van der Waals surface area contributed by atoms with Crippen molar-refractivity contribution in [2.75, 3.05) is 31.1 Å². The topological polar surface area (TPSA) is 75.4 Å². The van der Waals surface area contributed by atoms with Crippen LogP contribution in [0.5, 0.6) is 0 Å². The molecule has 0 N–H and O–H groups in total. The van der Waals surface area contributed by atoms with Crippen LogP contribution in [-0.4, -0.2) is 46.0 Å². The third-order valence-corrected chi connectivity index (χ3v) is 4.32. The quantitative estimate of drug-likeness (QED) is 0.625. The Morgan fingerprint density at radius 1 is 1.21 bits per heavy atom. The third-order valence-electron chi connectivity index (χ3n) is 4.09. The number of aromatic nitrogens is 2. The van der Waals surface area contributed by atoms with Crippen molar-refractivity contribution in [3.63, 3.8) is 0 Å². The lowest BCUT2D eigenvalue weighted by atomic mass is 10.2. The van der Waals surface area contributed by atoms with Crippen molar-refractivity contribution in [2.24, 2.45) is 0 Å². The van der Waals surface area contributed by atoms with E-state index in [-0.39, 0.29) is 5.69 Å². The van der Waals surface area contributed by atoms with Crippen LogP contribution in [0.4, 0.5) is 11.5 Å². The minimum Gasteiger partial charge on any atom is -0.354 e. The summed E-state index contributed by atoms with van der Waals surface area (Å²) in [5.74, 6) is 0.824. The standard InChI is InChI=1S/C16H18ClN5O2/c1-12-8-15(22(23)24)10-19-16(12)21-6-4-20(5-7-21)11-14-3-2-13(17)9-18-14/h2-3,8-10H,4-7,11H2,1H3. The highest BCUT2D eigenvalue weighted by Crippen LogP contribution is 2.23. The van der Waals surface area contributed by atoms with Crippen LogP contribution in [-0.2, 0) is 6.54 Å². The first-order valence-electron chi connectivity index (χ1n) is 7.72. The normalized spacial score (nSPS) is 15.5. The number of piperazine rings is 1. The fourth-order valence-electron chi connectivity index (χ4n) is 2.83. The van der Waals surface area contributed by atoms with Gasteiger partial charge in [-0.3, -0.25) is 20.0 Å². The number of hydrogen-bond acceptors (Lipinski definition) is 6. The first-order valence-corrected chi connectivity index (χ1v) is 8.09. The van der Waals surface area contributed by atoms with E-state index in [0.29, 0.717) is 5.02 Å². The fraction of sp³-hybridized carbons (Fsp3) is 0.375. The van der Waals surface area contributed by atoms with Gasteiger partial charge in [0.05, 0.1) is 15.6 Å². The molecule has 0 aliphatic carbocycles. The highest BCUT2D eigenvalue weighted by Gasteiger charge is 2.21. The van der Waals surface area contributed by atoms with Crippen molar-refractivity contribution in [1.29, 1.82) is 0 Å². The number of aryl methyl sites for hydroxylation is 1. The van der Waals surface area contributed by atoms with E-state index in [9.17, 15) is 10.1 Å². The molecule has 1 saturated heterocycles. The predicted molar refractivity (Wildman–Crippen MR) is 92.4 cm³/mol. The summed E-state index contributed by atoms with van der Waals surface area (Å²) in [4.78, 5) is 23.5. The Hall–Kier alpha value is -2.25. The van der Waals surface area contributed by atoms with Gasteiger partial charge in [0, 0.05) is 45.0 Å². The fourth-order valence-corrected chi connectivity index (χ4v) is 2.94. The molecule has 8 heteroatoms. The van der Waals surface area contributed by atoms with Crippen molar-refractivity contribution < 1.29 is 4.92 Å². The average Bonchev–Trinajstić information content (AvgIpc) is 2.58. The van der Waals surface area contributed by atoms with E-state index in [4.69, 9.17) is 11.6 Å². The molecule has 0 atom stereocenters. The lowest BCUT2D eigenvalue weighted by molar-refractivity contribution is -0.385. The van der Waals surface area contributed by atoms with Crippen molar-refractivity contribution >= 4 is 23.1 Å². The minimum absolute atomic E-state index is 0.0312. The van der Waals surface area contributed by atoms with Gasteiger partial charge in [0.1, 0.15) is 12.0 Å². The Balaban J connectivity index is 1.60. The van der Waals surface area contributed by atoms with E-state index in [0.717, 1.165) is 49.8 Å². The molecule has 3 heterocycles. The van der Waals surface area contributed by atoms with Crippen LogP contribution in [0.3, 0.4) is 0 Å². The molecule has 3 rings (SSSR count). The van der Waals surface area contributed by atoms with Gasteiger partial charge < -0.3 is 4.90 Å². The van der Waals surface area contributed by atoms with Gasteiger partial charge in [0.15, 0.2) is 0 Å². The number of rotatable bonds is 4. The first kappa shape index (κ1) is 16.6. The summed E-state index contributed by atoms with van der Waals surface area (Å²) < 4.78 is 0.